The minimum absolute atomic E-state index is 0.00492. The Balaban J connectivity index is 1.70. The lowest BCUT2D eigenvalue weighted by molar-refractivity contribution is -0.141. The molecular weight excluding hydrogens is 379 g/mol. The van der Waals surface area contributed by atoms with Gasteiger partial charge in [-0.05, 0) is 35.9 Å². The van der Waals surface area contributed by atoms with Gasteiger partial charge in [-0.15, -0.1) is 0 Å². The molecule has 1 N–H and O–H groups in total. The molecular formula is C18H16F3N3O2S. The van der Waals surface area contributed by atoms with E-state index in [1.54, 1.807) is 6.07 Å². The topological polar surface area (TPSA) is 64.0 Å². The zero-order valence-corrected chi connectivity index (χ0v) is 15.2. The Kier molecular flexibility index (Phi) is 3.95. The highest BCUT2D eigenvalue weighted by Gasteiger charge is 2.32. The van der Waals surface area contributed by atoms with Crippen LogP contribution in [0.3, 0.4) is 0 Å². The van der Waals surface area contributed by atoms with Crippen LogP contribution in [0, 0.1) is 0 Å². The number of nitrogens with one attached hydrogen (secondary N) is 1. The third kappa shape index (κ3) is 3.27. The van der Waals surface area contributed by atoms with Gasteiger partial charge in [0.1, 0.15) is 5.69 Å². The van der Waals surface area contributed by atoms with Crippen LogP contribution in [0.2, 0.25) is 0 Å². The Morgan fingerprint density at radius 3 is 2.56 bits per heavy atom. The van der Waals surface area contributed by atoms with Crippen LogP contribution in [0.15, 0.2) is 36.5 Å². The molecule has 1 aromatic carbocycles. The zero-order valence-electron chi connectivity index (χ0n) is 14.3. The second kappa shape index (κ2) is 5.98. The van der Waals surface area contributed by atoms with Crippen LogP contribution in [0.1, 0.15) is 17.0 Å². The molecule has 0 unspecified atom stereocenters. The van der Waals surface area contributed by atoms with Crippen molar-refractivity contribution in [2.75, 3.05) is 11.1 Å². The zero-order chi connectivity index (χ0) is 19.4. The van der Waals surface area contributed by atoms with Gasteiger partial charge in [-0.3, -0.25) is 0 Å². The molecule has 4 rings (SSSR count). The predicted octanol–water partition coefficient (Wildman–Crippen LogP) is 3.81. The molecule has 1 aliphatic rings. The fraction of sp³-hybridized carbons (Fsp3) is 0.278. The van der Waals surface area contributed by atoms with Crippen molar-refractivity contribution in [3.05, 3.63) is 53.5 Å². The Hall–Kier alpha value is -2.55. The van der Waals surface area contributed by atoms with Crippen molar-refractivity contribution in [2.24, 2.45) is 7.05 Å². The molecule has 0 amide bonds. The second-order valence-corrected chi connectivity index (χ2v) is 8.80. The summed E-state index contributed by atoms with van der Waals surface area (Å²) in [5, 5.41) is 3.86. The van der Waals surface area contributed by atoms with E-state index in [1.165, 1.54) is 6.07 Å². The van der Waals surface area contributed by atoms with Gasteiger partial charge in [-0.1, -0.05) is 0 Å². The summed E-state index contributed by atoms with van der Waals surface area (Å²) in [6.07, 6.45) is -2.88. The number of rotatable bonds is 2. The summed E-state index contributed by atoms with van der Waals surface area (Å²) in [6, 6.07) is 7.73. The lowest BCUT2D eigenvalue weighted by Crippen LogP contribution is -2.19. The summed E-state index contributed by atoms with van der Waals surface area (Å²) >= 11 is 0. The van der Waals surface area contributed by atoms with Gasteiger partial charge in [0.15, 0.2) is 9.84 Å². The van der Waals surface area contributed by atoms with Gasteiger partial charge >= 0.3 is 6.18 Å². The lowest BCUT2D eigenvalue weighted by Gasteiger charge is -2.14. The van der Waals surface area contributed by atoms with Crippen LogP contribution >= 0.6 is 0 Å². The minimum Gasteiger partial charge on any atom is -0.354 e. The van der Waals surface area contributed by atoms with E-state index in [9.17, 15) is 21.6 Å². The molecule has 2 aromatic heterocycles. The van der Waals surface area contributed by atoms with Crippen molar-refractivity contribution < 1.29 is 21.6 Å². The number of aryl methyl sites for hydroxylation is 1. The van der Waals surface area contributed by atoms with Crippen molar-refractivity contribution >= 4 is 32.1 Å². The van der Waals surface area contributed by atoms with Crippen LogP contribution in [0.4, 0.5) is 24.5 Å². The van der Waals surface area contributed by atoms with Crippen molar-refractivity contribution in [2.45, 2.75) is 18.3 Å². The Labute approximate surface area is 153 Å². The second-order valence-electron chi connectivity index (χ2n) is 6.61. The molecule has 9 heteroatoms. The number of hydrogen-bond donors (Lipinski definition) is 1. The molecule has 0 saturated heterocycles. The summed E-state index contributed by atoms with van der Waals surface area (Å²) in [5.74, 6) is 0.150. The number of nitrogens with zero attached hydrogens (tertiary/aromatic N) is 2. The van der Waals surface area contributed by atoms with E-state index in [2.05, 4.69) is 10.3 Å². The monoisotopic (exact) mass is 395 g/mol. The van der Waals surface area contributed by atoms with Gasteiger partial charge in [0, 0.05) is 35.8 Å². The molecule has 0 atom stereocenters. The first kappa shape index (κ1) is 17.8. The first-order valence-corrected chi connectivity index (χ1v) is 10.1. The SMILES string of the molecule is Cn1c2c(c3cc(Nc4ccc(C(F)(F)F)nc4)ccc31)CS(=O)(=O)CC2. The molecule has 3 heterocycles. The van der Waals surface area contributed by atoms with Gasteiger partial charge in [0.25, 0.3) is 0 Å². The average molecular weight is 395 g/mol. The standard InChI is InChI=1S/C18H16F3N3O2S/c1-24-15-4-2-11(23-12-3-5-17(22-9-12)18(19,20)21)8-13(15)14-10-27(25,26)7-6-16(14)24/h2-5,8-9,23H,6-7,10H2,1H3. The van der Waals surface area contributed by atoms with Gasteiger partial charge in [0.2, 0.25) is 0 Å². The smallest absolute Gasteiger partial charge is 0.354 e. The van der Waals surface area contributed by atoms with Crippen molar-refractivity contribution in [1.29, 1.82) is 0 Å². The molecule has 1 aliphatic heterocycles. The normalized spacial score (nSPS) is 16.3. The predicted molar refractivity (Wildman–Crippen MR) is 96.6 cm³/mol. The van der Waals surface area contributed by atoms with Crippen molar-refractivity contribution in [3.63, 3.8) is 0 Å². The van der Waals surface area contributed by atoms with Crippen molar-refractivity contribution in [3.8, 4) is 0 Å². The van der Waals surface area contributed by atoms with Crippen molar-refractivity contribution in [1.82, 2.24) is 9.55 Å². The van der Waals surface area contributed by atoms with E-state index in [-0.39, 0.29) is 11.5 Å². The maximum absolute atomic E-state index is 12.6. The quantitative estimate of drug-likeness (QED) is 0.717. The number of aromatic nitrogens is 2. The van der Waals surface area contributed by atoms with Gasteiger partial charge < -0.3 is 9.88 Å². The summed E-state index contributed by atoms with van der Waals surface area (Å²) in [7, 11) is -1.21. The number of sulfone groups is 1. The summed E-state index contributed by atoms with van der Waals surface area (Å²) < 4.78 is 63.9. The number of alkyl halides is 3. The number of hydrogen-bond acceptors (Lipinski definition) is 4. The van der Waals surface area contributed by atoms with Crippen LogP contribution in [-0.4, -0.2) is 23.7 Å². The maximum Gasteiger partial charge on any atom is 0.433 e. The number of pyridine rings is 1. The Morgan fingerprint density at radius 1 is 1.15 bits per heavy atom. The molecule has 0 bridgehead atoms. The van der Waals surface area contributed by atoms with E-state index in [4.69, 9.17) is 0 Å². The number of fused-ring (bicyclic) bond motifs is 3. The molecule has 0 saturated carbocycles. The third-order valence-corrected chi connectivity index (χ3v) is 6.35. The van der Waals surface area contributed by atoms with E-state index in [1.807, 2.05) is 23.7 Å². The van der Waals surface area contributed by atoms with Gasteiger partial charge in [0.05, 0.1) is 23.4 Å². The minimum atomic E-state index is -4.48. The Bertz CT molecular complexity index is 1130. The third-order valence-electron chi connectivity index (χ3n) is 4.79. The molecule has 3 aromatic rings. The summed E-state index contributed by atoms with van der Waals surface area (Å²) in [5.41, 5.74) is 2.85. The largest absolute Gasteiger partial charge is 0.433 e. The Morgan fingerprint density at radius 2 is 1.89 bits per heavy atom. The highest BCUT2D eigenvalue weighted by atomic mass is 32.2. The first-order valence-electron chi connectivity index (χ1n) is 8.25. The molecule has 0 spiro atoms. The van der Waals surface area contributed by atoms with Crippen LogP contribution in [-0.2, 0) is 35.2 Å². The molecule has 5 nitrogen and oxygen atoms in total. The molecule has 0 radical (unpaired) electrons. The van der Waals surface area contributed by atoms with E-state index in [0.717, 1.165) is 34.4 Å². The molecule has 0 fully saturated rings. The summed E-state index contributed by atoms with van der Waals surface area (Å²) in [6.45, 7) is 0. The molecule has 142 valence electrons. The van der Waals surface area contributed by atoms with Crippen LogP contribution < -0.4 is 5.32 Å². The van der Waals surface area contributed by atoms with E-state index < -0.39 is 21.7 Å². The van der Waals surface area contributed by atoms with Crippen LogP contribution in [0.25, 0.3) is 10.9 Å². The highest BCUT2D eigenvalue weighted by Crippen LogP contribution is 2.34. The molecule has 0 aliphatic carbocycles. The highest BCUT2D eigenvalue weighted by molar-refractivity contribution is 7.90. The van der Waals surface area contributed by atoms with Gasteiger partial charge in [-0.2, -0.15) is 13.2 Å². The number of anilines is 2. The molecule has 27 heavy (non-hydrogen) atoms. The summed E-state index contributed by atoms with van der Waals surface area (Å²) in [4.78, 5) is 3.43. The fourth-order valence-corrected chi connectivity index (χ4v) is 4.89. The maximum atomic E-state index is 12.6. The van der Waals surface area contributed by atoms with E-state index in [0.29, 0.717) is 17.8 Å². The first-order chi connectivity index (χ1) is 12.6. The lowest BCUT2D eigenvalue weighted by atomic mass is 10.1. The van der Waals surface area contributed by atoms with Crippen LogP contribution in [0.5, 0.6) is 0 Å². The number of halogens is 3. The number of benzene rings is 1. The van der Waals surface area contributed by atoms with Gasteiger partial charge in [-0.25, -0.2) is 13.4 Å². The average Bonchev–Trinajstić information content (AvgIpc) is 2.85. The fourth-order valence-electron chi connectivity index (χ4n) is 3.48. The van der Waals surface area contributed by atoms with E-state index >= 15 is 0 Å².